The summed E-state index contributed by atoms with van der Waals surface area (Å²) < 4.78 is 10.6. The van der Waals surface area contributed by atoms with E-state index in [2.05, 4.69) is 19.2 Å². The van der Waals surface area contributed by atoms with E-state index in [-0.39, 0.29) is 11.8 Å². The molecule has 0 radical (unpaired) electrons. The average Bonchev–Trinajstić information content (AvgIpc) is 2.94. The van der Waals surface area contributed by atoms with E-state index < -0.39 is 0 Å². The predicted octanol–water partition coefficient (Wildman–Crippen LogP) is 2.31. The maximum Gasteiger partial charge on any atom is 0.220 e. The van der Waals surface area contributed by atoms with Gasteiger partial charge in [-0.3, -0.25) is 4.79 Å². The fraction of sp³-hybridized carbons (Fsp3) is 0.688. The first-order valence-corrected chi connectivity index (χ1v) is 7.68. The van der Waals surface area contributed by atoms with Crippen molar-refractivity contribution in [3.8, 4) is 0 Å². The van der Waals surface area contributed by atoms with Gasteiger partial charge in [-0.05, 0) is 43.4 Å². The molecule has 3 N–H and O–H groups in total. The molecule has 0 bridgehead atoms. The second kappa shape index (κ2) is 10.4. The lowest BCUT2D eigenvalue weighted by atomic mass is 9.94. The van der Waals surface area contributed by atoms with Gasteiger partial charge in [-0.2, -0.15) is 0 Å². The van der Waals surface area contributed by atoms with Gasteiger partial charge >= 0.3 is 0 Å². The first-order valence-electron chi connectivity index (χ1n) is 7.68. The average molecular weight is 296 g/mol. The van der Waals surface area contributed by atoms with Gasteiger partial charge in [0.1, 0.15) is 12.4 Å². The maximum absolute atomic E-state index is 11.8. The molecule has 1 heterocycles. The summed E-state index contributed by atoms with van der Waals surface area (Å²) in [6.07, 6.45) is 3.94. The molecular formula is C16H28N2O3. The minimum Gasteiger partial charge on any atom is -0.467 e. The fourth-order valence-corrected chi connectivity index (χ4v) is 2.23. The molecular weight excluding hydrogens is 268 g/mol. The summed E-state index contributed by atoms with van der Waals surface area (Å²) in [7, 11) is 0. The zero-order valence-corrected chi connectivity index (χ0v) is 13.1. The topological polar surface area (TPSA) is 77.5 Å². The Morgan fingerprint density at radius 2 is 2.29 bits per heavy atom. The predicted molar refractivity (Wildman–Crippen MR) is 82.6 cm³/mol. The Morgan fingerprint density at radius 1 is 1.48 bits per heavy atom. The molecule has 0 saturated heterocycles. The fourth-order valence-electron chi connectivity index (χ4n) is 2.23. The van der Waals surface area contributed by atoms with Crippen LogP contribution in [0.1, 0.15) is 38.9 Å². The van der Waals surface area contributed by atoms with Crippen molar-refractivity contribution in [3.63, 3.8) is 0 Å². The van der Waals surface area contributed by atoms with Crippen molar-refractivity contribution in [1.29, 1.82) is 0 Å². The van der Waals surface area contributed by atoms with Gasteiger partial charge in [0.2, 0.25) is 5.91 Å². The number of carbonyl (C=O) groups excluding carboxylic acids is 1. The summed E-state index contributed by atoms with van der Waals surface area (Å²) in [6, 6.07) is 3.72. The third-order valence-corrected chi connectivity index (χ3v) is 3.22. The summed E-state index contributed by atoms with van der Waals surface area (Å²) >= 11 is 0. The molecule has 0 aromatic carbocycles. The molecule has 0 aliphatic carbocycles. The second-order valence-electron chi connectivity index (χ2n) is 5.77. The lowest BCUT2D eigenvalue weighted by Gasteiger charge is -2.16. The molecule has 0 unspecified atom stereocenters. The number of carbonyl (C=O) groups is 1. The van der Waals surface area contributed by atoms with Crippen LogP contribution in [0, 0.1) is 11.8 Å². The zero-order valence-electron chi connectivity index (χ0n) is 13.1. The SMILES string of the molecule is CC(C)C[C@H](CN)CC(=O)NCCCOCc1ccco1. The van der Waals surface area contributed by atoms with E-state index in [1.54, 1.807) is 6.26 Å². The third-order valence-electron chi connectivity index (χ3n) is 3.22. The Bertz CT molecular complexity index is 377. The van der Waals surface area contributed by atoms with Crippen molar-refractivity contribution in [3.05, 3.63) is 24.2 Å². The van der Waals surface area contributed by atoms with Crippen LogP contribution in [0.4, 0.5) is 0 Å². The Labute approximate surface area is 127 Å². The molecule has 5 nitrogen and oxygen atoms in total. The number of hydrogen-bond donors (Lipinski definition) is 2. The summed E-state index contributed by atoms with van der Waals surface area (Å²) in [4.78, 5) is 11.8. The van der Waals surface area contributed by atoms with Gasteiger partial charge in [0.15, 0.2) is 0 Å². The van der Waals surface area contributed by atoms with E-state index >= 15 is 0 Å². The van der Waals surface area contributed by atoms with E-state index in [9.17, 15) is 4.79 Å². The summed E-state index contributed by atoms with van der Waals surface area (Å²) in [6.45, 7) is 6.58. The molecule has 0 fully saturated rings. The van der Waals surface area contributed by atoms with Crippen LogP contribution in [0.5, 0.6) is 0 Å². The van der Waals surface area contributed by atoms with Crippen LogP contribution < -0.4 is 11.1 Å². The van der Waals surface area contributed by atoms with Crippen molar-refractivity contribution < 1.29 is 13.9 Å². The summed E-state index contributed by atoms with van der Waals surface area (Å²) in [5.74, 6) is 1.75. The van der Waals surface area contributed by atoms with Crippen LogP contribution >= 0.6 is 0 Å². The number of nitrogens with two attached hydrogens (primary N) is 1. The van der Waals surface area contributed by atoms with Crippen LogP contribution in [0.3, 0.4) is 0 Å². The molecule has 5 heteroatoms. The van der Waals surface area contributed by atoms with E-state index in [0.717, 1.165) is 18.6 Å². The van der Waals surface area contributed by atoms with Crippen LogP contribution in [0.2, 0.25) is 0 Å². The first kappa shape index (κ1) is 17.7. The number of rotatable bonds is 11. The van der Waals surface area contributed by atoms with Crippen molar-refractivity contribution in [2.24, 2.45) is 17.6 Å². The van der Waals surface area contributed by atoms with Crippen molar-refractivity contribution in [2.45, 2.75) is 39.7 Å². The Balaban J connectivity index is 2.02. The van der Waals surface area contributed by atoms with Crippen molar-refractivity contribution in [1.82, 2.24) is 5.32 Å². The number of amides is 1. The van der Waals surface area contributed by atoms with Crippen molar-refractivity contribution >= 4 is 5.91 Å². The Kier molecular flexibility index (Phi) is 8.78. The van der Waals surface area contributed by atoms with Gasteiger partial charge in [0, 0.05) is 19.6 Å². The van der Waals surface area contributed by atoms with Gasteiger partial charge in [0.05, 0.1) is 6.26 Å². The van der Waals surface area contributed by atoms with E-state index in [4.69, 9.17) is 14.9 Å². The highest BCUT2D eigenvalue weighted by Crippen LogP contribution is 2.13. The van der Waals surface area contributed by atoms with Crippen LogP contribution in [0.25, 0.3) is 0 Å². The van der Waals surface area contributed by atoms with E-state index in [0.29, 0.717) is 38.6 Å². The third kappa shape index (κ3) is 8.52. The highest BCUT2D eigenvalue weighted by Gasteiger charge is 2.13. The zero-order chi connectivity index (χ0) is 15.5. The summed E-state index contributed by atoms with van der Waals surface area (Å²) in [5.41, 5.74) is 5.70. The lowest BCUT2D eigenvalue weighted by molar-refractivity contribution is -0.122. The first-order chi connectivity index (χ1) is 10.1. The largest absolute Gasteiger partial charge is 0.467 e. The quantitative estimate of drug-likeness (QED) is 0.614. The number of ether oxygens (including phenoxy) is 1. The number of furan rings is 1. The minimum absolute atomic E-state index is 0.0807. The van der Waals surface area contributed by atoms with Gasteiger partial charge in [-0.15, -0.1) is 0 Å². The van der Waals surface area contributed by atoms with Crippen molar-refractivity contribution in [2.75, 3.05) is 19.7 Å². The number of nitrogens with one attached hydrogen (secondary N) is 1. The highest BCUT2D eigenvalue weighted by molar-refractivity contribution is 5.76. The van der Waals surface area contributed by atoms with Crippen LogP contribution in [-0.4, -0.2) is 25.6 Å². The van der Waals surface area contributed by atoms with Crippen LogP contribution in [0.15, 0.2) is 22.8 Å². The Hall–Kier alpha value is -1.33. The maximum atomic E-state index is 11.8. The normalized spacial score (nSPS) is 12.6. The molecule has 0 saturated carbocycles. The molecule has 0 spiro atoms. The van der Waals surface area contributed by atoms with E-state index in [1.807, 2.05) is 12.1 Å². The summed E-state index contributed by atoms with van der Waals surface area (Å²) in [5, 5.41) is 2.92. The van der Waals surface area contributed by atoms with Gasteiger partial charge in [-0.25, -0.2) is 0 Å². The van der Waals surface area contributed by atoms with Crippen LogP contribution in [-0.2, 0) is 16.1 Å². The standard InChI is InChI=1S/C16H28N2O3/c1-13(2)9-14(11-17)10-16(19)18-6-4-7-20-12-15-5-3-8-21-15/h3,5,8,13-14H,4,6-7,9-12,17H2,1-2H3,(H,18,19)/t14-/m0/s1. The van der Waals surface area contributed by atoms with E-state index in [1.165, 1.54) is 0 Å². The molecule has 0 aliphatic heterocycles. The second-order valence-corrected chi connectivity index (χ2v) is 5.77. The van der Waals surface area contributed by atoms with Gasteiger partial charge < -0.3 is 20.2 Å². The molecule has 1 atom stereocenters. The molecule has 1 amide bonds. The minimum atomic E-state index is 0.0807. The molecule has 1 aromatic heterocycles. The molecule has 120 valence electrons. The molecule has 21 heavy (non-hydrogen) atoms. The van der Waals surface area contributed by atoms with Gasteiger partial charge in [-0.1, -0.05) is 13.8 Å². The highest BCUT2D eigenvalue weighted by atomic mass is 16.5. The van der Waals surface area contributed by atoms with Gasteiger partial charge in [0.25, 0.3) is 0 Å². The molecule has 1 aromatic rings. The molecule has 0 aliphatic rings. The Morgan fingerprint density at radius 3 is 2.90 bits per heavy atom. The lowest BCUT2D eigenvalue weighted by Crippen LogP contribution is -2.30. The molecule has 1 rings (SSSR count). The number of hydrogen-bond acceptors (Lipinski definition) is 4. The smallest absolute Gasteiger partial charge is 0.220 e. The monoisotopic (exact) mass is 296 g/mol.